The van der Waals surface area contributed by atoms with Crippen LogP contribution in [0.15, 0.2) is 68.9 Å². The molecule has 0 radical (unpaired) electrons. The molecule has 3 aromatic carbocycles. The quantitative estimate of drug-likeness (QED) is 0.0617. The smallest absolute Gasteiger partial charge is 0.343 e. The standard InChI is InChI=1S/C31H41ClFNO5Si.C24H36BrNO5Si/c1-10-38-30(36)23-17-34(26(19(2)3)18-39-40(8,9)31(4,5)6)25-16-27(37-7)21(15-22(25)29(23)35)14-20-12-11-13-24(32)28(20)33;1-10-30-23(28)17-13-26(19-12-21(29-7)18(25)11-16(19)22(17)27)20(15(2)3)14-31-32(8,9)24(4,5)6/h11-13,15-17,19,26H,10,14,18H2,1-9H3;11-13,15,20H,10,14H2,1-9H3/t26-;20-/m11/s1. The molecule has 72 heavy (non-hydrogen) atoms. The molecule has 12 nitrogen and oxygen atoms in total. The van der Waals surface area contributed by atoms with E-state index in [0.29, 0.717) is 62.1 Å². The highest BCUT2D eigenvalue weighted by atomic mass is 79.9. The van der Waals surface area contributed by atoms with Gasteiger partial charge in [-0.25, -0.2) is 14.0 Å². The molecule has 0 aliphatic rings. The number of ether oxygens (including phenoxy) is 4. The van der Waals surface area contributed by atoms with E-state index in [9.17, 15) is 23.6 Å². The van der Waals surface area contributed by atoms with Crippen LogP contribution in [-0.2, 0) is 24.7 Å². The number of benzene rings is 3. The number of halogens is 3. The fraction of sp³-hybridized carbons (Fsp3) is 0.527. The predicted molar refractivity (Wildman–Crippen MR) is 297 cm³/mol. The van der Waals surface area contributed by atoms with Gasteiger partial charge in [-0.05, 0) is 107 Å². The van der Waals surface area contributed by atoms with Crippen molar-refractivity contribution in [2.24, 2.45) is 11.8 Å². The number of carbonyl (C=O) groups excluding carboxylic acids is 2. The number of aromatic nitrogens is 2. The van der Waals surface area contributed by atoms with Gasteiger partial charge in [-0.1, -0.05) is 93.0 Å². The second-order valence-electron chi connectivity index (χ2n) is 21.8. The summed E-state index contributed by atoms with van der Waals surface area (Å²) >= 11 is 9.48. The van der Waals surface area contributed by atoms with Crippen molar-refractivity contribution in [2.45, 2.75) is 138 Å². The molecule has 0 saturated heterocycles. The maximum absolute atomic E-state index is 14.8. The van der Waals surface area contributed by atoms with Gasteiger partial charge in [0.15, 0.2) is 16.6 Å². The zero-order valence-electron chi connectivity index (χ0n) is 45.7. The summed E-state index contributed by atoms with van der Waals surface area (Å²) in [4.78, 5) is 52.4. The zero-order chi connectivity index (χ0) is 54.4. The third-order valence-electron chi connectivity index (χ3n) is 14.2. The zero-order valence-corrected chi connectivity index (χ0v) is 50.0. The molecular weight excluding hydrogens is 1040 g/mol. The van der Waals surface area contributed by atoms with Gasteiger partial charge in [0.25, 0.3) is 0 Å². The molecular formula is C55H77BrClFN2O10Si2. The van der Waals surface area contributed by atoms with Crippen molar-refractivity contribution in [3.05, 3.63) is 113 Å². The predicted octanol–water partition coefficient (Wildman–Crippen LogP) is 14.0. The lowest BCUT2D eigenvalue weighted by Crippen LogP contribution is -2.42. The number of hydrogen-bond acceptors (Lipinski definition) is 10. The molecule has 2 aromatic heterocycles. The second kappa shape index (κ2) is 24.3. The van der Waals surface area contributed by atoms with E-state index in [-0.39, 0.29) is 75.2 Å². The Morgan fingerprint density at radius 2 is 1.10 bits per heavy atom. The molecule has 0 aliphatic carbocycles. The first-order chi connectivity index (χ1) is 33.4. The number of pyridine rings is 2. The highest BCUT2D eigenvalue weighted by molar-refractivity contribution is 9.10. The number of hydrogen-bond donors (Lipinski definition) is 0. The van der Waals surface area contributed by atoms with E-state index in [1.54, 1.807) is 63.7 Å². The van der Waals surface area contributed by atoms with Gasteiger partial charge in [0.2, 0.25) is 10.9 Å². The van der Waals surface area contributed by atoms with Crippen molar-refractivity contribution in [3.63, 3.8) is 0 Å². The number of carbonyl (C=O) groups is 2. The molecule has 17 heteroatoms. The van der Waals surface area contributed by atoms with Crippen LogP contribution in [0.1, 0.15) is 127 Å². The molecule has 0 amide bonds. The number of rotatable bonds is 18. The van der Waals surface area contributed by atoms with E-state index >= 15 is 0 Å². The Hall–Kier alpha value is -4.33. The topological polar surface area (TPSA) is 134 Å². The number of esters is 2. The highest BCUT2D eigenvalue weighted by Gasteiger charge is 2.39. The molecule has 0 N–H and O–H groups in total. The molecule has 2 atom stereocenters. The molecule has 0 saturated carbocycles. The first-order valence-electron chi connectivity index (χ1n) is 24.6. The maximum atomic E-state index is 14.8. The number of methoxy groups -OCH3 is 2. The lowest BCUT2D eigenvalue weighted by Gasteiger charge is -2.38. The fourth-order valence-electron chi connectivity index (χ4n) is 7.61. The normalized spacial score (nSPS) is 13.3. The molecule has 0 unspecified atom stereocenters. The summed E-state index contributed by atoms with van der Waals surface area (Å²) in [5.74, 6) is -0.417. The molecule has 5 rings (SSSR count). The Morgan fingerprint density at radius 1 is 0.681 bits per heavy atom. The van der Waals surface area contributed by atoms with Crippen LogP contribution in [0.25, 0.3) is 21.8 Å². The van der Waals surface area contributed by atoms with Crippen molar-refractivity contribution in [1.82, 2.24) is 9.13 Å². The van der Waals surface area contributed by atoms with Crippen LogP contribution in [0.3, 0.4) is 0 Å². The Balaban J connectivity index is 0.000000321. The maximum Gasteiger partial charge on any atom is 0.343 e. The average molecular weight is 1120 g/mol. The first-order valence-corrected chi connectivity index (χ1v) is 31.6. The van der Waals surface area contributed by atoms with Crippen LogP contribution in [-0.4, -0.2) is 78.4 Å². The number of fused-ring (bicyclic) bond motifs is 2. The third-order valence-corrected chi connectivity index (χ3v) is 24.2. The van der Waals surface area contributed by atoms with Crippen LogP contribution in [0.5, 0.6) is 11.5 Å². The van der Waals surface area contributed by atoms with E-state index in [1.165, 1.54) is 13.2 Å². The van der Waals surface area contributed by atoms with Crippen molar-refractivity contribution >= 4 is 77.9 Å². The average Bonchev–Trinajstić information content (AvgIpc) is 3.28. The third kappa shape index (κ3) is 13.7. The van der Waals surface area contributed by atoms with Crippen LogP contribution in [0.2, 0.25) is 41.3 Å². The summed E-state index contributed by atoms with van der Waals surface area (Å²) in [6.45, 7) is 35.1. The lowest BCUT2D eigenvalue weighted by atomic mass is 9.98. The van der Waals surface area contributed by atoms with Gasteiger partial charge in [0.1, 0.15) is 28.4 Å². The van der Waals surface area contributed by atoms with Crippen LogP contribution in [0.4, 0.5) is 4.39 Å². The largest absolute Gasteiger partial charge is 0.496 e. The van der Waals surface area contributed by atoms with Gasteiger partial charge >= 0.3 is 11.9 Å². The fourth-order valence-corrected chi connectivity index (χ4v) is 10.4. The Morgan fingerprint density at radius 3 is 1.49 bits per heavy atom. The van der Waals surface area contributed by atoms with Crippen molar-refractivity contribution in [3.8, 4) is 11.5 Å². The van der Waals surface area contributed by atoms with Crippen LogP contribution >= 0.6 is 27.5 Å². The molecule has 0 bridgehead atoms. The molecule has 0 spiro atoms. The summed E-state index contributed by atoms with van der Waals surface area (Å²) in [5, 5.41) is 0.863. The van der Waals surface area contributed by atoms with Crippen LogP contribution in [0, 0.1) is 17.7 Å². The molecule has 396 valence electrons. The van der Waals surface area contributed by atoms with Gasteiger partial charge in [-0.15, -0.1) is 0 Å². The van der Waals surface area contributed by atoms with Gasteiger partial charge in [-0.2, -0.15) is 0 Å². The van der Waals surface area contributed by atoms with E-state index < -0.39 is 39.8 Å². The summed E-state index contributed by atoms with van der Waals surface area (Å²) in [6, 6.07) is 11.5. The van der Waals surface area contributed by atoms with Gasteiger partial charge in [0, 0.05) is 41.7 Å². The molecule has 0 aliphatic heterocycles. The summed E-state index contributed by atoms with van der Waals surface area (Å²) in [5.41, 5.74) is 1.42. The van der Waals surface area contributed by atoms with Crippen molar-refractivity contribution in [2.75, 3.05) is 40.6 Å². The second-order valence-corrected chi connectivity index (χ2v) is 32.7. The monoisotopic (exact) mass is 1110 g/mol. The Kier molecular flexibility index (Phi) is 20.4. The minimum Gasteiger partial charge on any atom is -0.496 e. The van der Waals surface area contributed by atoms with Gasteiger partial charge in [0.05, 0.1) is 73.3 Å². The first kappa shape index (κ1) is 60.2. The minimum atomic E-state index is -2.09. The Bertz CT molecular complexity index is 2870. The van der Waals surface area contributed by atoms with Crippen molar-refractivity contribution in [1.29, 1.82) is 0 Å². The van der Waals surface area contributed by atoms with E-state index in [2.05, 4.69) is 111 Å². The molecule has 0 fully saturated rings. The summed E-state index contributed by atoms with van der Waals surface area (Å²) in [6.07, 6.45) is 3.35. The summed E-state index contributed by atoms with van der Waals surface area (Å²) < 4.78 is 54.2. The van der Waals surface area contributed by atoms with E-state index in [0.717, 1.165) is 0 Å². The summed E-state index contributed by atoms with van der Waals surface area (Å²) in [7, 11) is -0.967. The van der Waals surface area contributed by atoms with Crippen molar-refractivity contribution < 1.29 is 41.8 Å². The minimum absolute atomic E-state index is 0.0178. The van der Waals surface area contributed by atoms with E-state index in [4.69, 9.17) is 39.4 Å². The molecule has 2 heterocycles. The lowest BCUT2D eigenvalue weighted by molar-refractivity contribution is 0.0514. The van der Waals surface area contributed by atoms with Crippen LogP contribution < -0.4 is 20.3 Å². The molecule has 5 aromatic rings. The SMILES string of the molecule is CCOC(=O)c1cn([C@H](CO[Si](C)(C)C(C)(C)C)C(C)C)c2cc(OC)c(Br)cc2c1=O.CCOC(=O)c1cn([C@H](CO[Si](C)(C)C(C)(C)C)C(C)C)c2cc(OC)c(Cc3cccc(Cl)c3F)cc2c1=O. The highest BCUT2D eigenvalue weighted by Crippen LogP contribution is 2.40. The van der Waals surface area contributed by atoms with E-state index in [1.807, 2.05) is 15.2 Å². The van der Waals surface area contributed by atoms with Gasteiger partial charge in [-0.3, -0.25) is 9.59 Å². The Labute approximate surface area is 441 Å². The van der Waals surface area contributed by atoms with Gasteiger partial charge < -0.3 is 36.9 Å². The number of nitrogens with zero attached hydrogens (tertiary/aromatic N) is 2.